The van der Waals surface area contributed by atoms with E-state index in [1.165, 1.54) is 18.2 Å². The Kier molecular flexibility index (Phi) is 8.43. The van der Waals surface area contributed by atoms with Crippen molar-refractivity contribution >= 4 is 46.7 Å². The molecule has 4 rings (SSSR count). The summed E-state index contributed by atoms with van der Waals surface area (Å²) >= 11 is 6.06. The van der Waals surface area contributed by atoms with Crippen LogP contribution >= 0.6 is 11.6 Å². The van der Waals surface area contributed by atoms with Gasteiger partial charge in [0.25, 0.3) is 17.7 Å². The lowest BCUT2D eigenvalue weighted by Crippen LogP contribution is -2.49. The maximum atomic E-state index is 13.3. The number of carbonyl (C=O) groups excluding carboxylic acids is 5. The van der Waals surface area contributed by atoms with Crippen LogP contribution in [0.5, 0.6) is 0 Å². The van der Waals surface area contributed by atoms with E-state index in [2.05, 4.69) is 26.3 Å². The molecule has 1 saturated carbocycles. The van der Waals surface area contributed by atoms with Crippen LogP contribution in [-0.2, 0) is 20.6 Å². The number of Topliss-reactive ketones (excluding diaryl/α,β-unsaturated/α-hetero) is 1. The van der Waals surface area contributed by atoms with Gasteiger partial charge >= 0.3 is 6.18 Å². The van der Waals surface area contributed by atoms with Crippen molar-refractivity contribution in [3.63, 3.8) is 0 Å². The van der Waals surface area contributed by atoms with Gasteiger partial charge in [0.15, 0.2) is 0 Å². The zero-order valence-electron chi connectivity index (χ0n) is 21.1. The molecule has 4 amide bonds. The van der Waals surface area contributed by atoms with E-state index >= 15 is 0 Å². The van der Waals surface area contributed by atoms with Crippen LogP contribution in [0.4, 0.5) is 18.9 Å². The highest BCUT2D eigenvalue weighted by Crippen LogP contribution is 2.29. The van der Waals surface area contributed by atoms with E-state index in [4.69, 9.17) is 11.6 Å². The minimum Gasteiger partial charge on any atom is -0.353 e. The van der Waals surface area contributed by atoms with Crippen molar-refractivity contribution < 1.29 is 37.1 Å². The number of ketones is 1. The predicted octanol–water partition coefficient (Wildman–Crippen LogP) is 2.87. The number of hydrogen-bond donors (Lipinski definition) is 4. The second-order valence-corrected chi connectivity index (χ2v) is 10.3. The molecular weight excluding hydrogens is 555 g/mol. The first-order valence-electron chi connectivity index (χ1n) is 12.4. The van der Waals surface area contributed by atoms with Crippen molar-refractivity contribution in [2.24, 2.45) is 5.92 Å². The maximum absolute atomic E-state index is 13.3. The van der Waals surface area contributed by atoms with Gasteiger partial charge in [0.1, 0.15) is 0 Å². The van der Waals surface area contributed by atoms with Crippen LogP contribution in [0.1, 0.15) is 58.9 Å². The Bertz CT molecular complexity index is 1360. The number of pyridine rings is 1. The molecule has 1 saturated heterocycles. The van der Waals surface area contributed by atoms with Gasteiger partial charge in [0.05, 0.1) is 28.4 Å². The van der Waals surface area contributed by atoms with Gasteiger partial charge in [-0.2, -0.15) is 13.2 Å². The number of rotatable bonds is 9. The van der Waals surface area contributed by atoms with Crippen molar-refractivity contribution in [2.75, 3.05) is 5.32 Å². The quantitative estimate of drug-likeness (QED) is 0.336. The molecule has 10 nitrogen and oxygen atoms in total. The fourth-order valence-corrected chi connectivity index (χ4v) is 4.45. The highest BCUT2D eigenvalue weighted by molar-refractivity contribution is 6.38. The van der Waals surface area contributed by atoms with E-state index in [-0.39, 0.29) is 40.7 Å². The number of nitrogens with one attached hydrogen (secondary N) is 4. The molecule has 2 heterocycles. The third kappa shape index (κ3) is 7.14. The van der Waals surface area contributed by atoms with Crippen LogP contribution in [0, 0.1) is 5.92 Å². The van der Waals surface area contributed by atoms with E-state index in [1.807, 2.05) is 0 Å². The topological polar surface area (TPSA) is 146 Å². The van der Waals surface area contributed by atoms with E-state index < -0.39 is 52.8 Å². The average molecular weight is 580 g/mol. The molecule has 0 bridgehead atoms. The predicted molar refractivity (Wildman–Crippen MR) is 136 cm³/mol. The fourth-order valence-electron chi connectivity index (χ4n) is 4.28. The molecule has 1 aromatic heterocycles. The molecule has 1 aliphatic carbocycles. The Hall–Kier alpha value is -4.00. The SMILES string of the molecule is C[C@@H]1C[C@@H](CC(NC(=O)c2cc(Cl)ccc2NC(=O)c2cncc(C(F)(F)F)c2)C(=O)C(=O)NC2CC2)C(=O)N1. The Morgan fingerprint density at radius 3 is 2.48 bits per heavy atom. The zero-order chi connectivity index (χ0) is 29.2. The first-order chi connectivity index (χ1) is 18.8. The van der Waals surface area contributed by atoms with Gasteiger partial charge in [-0.05, 0) is 56.9 Å². The van der Waals surface area contributed by atoms with Gasteiger partial charge in [-0.15, -0.1) is 0 Å². The molecule has 0 spiro atoms. The Balaban J connectivity index is 1.56. The Morgan fingerprint density at radius 1 is 1.12 bits per heavy atom. The molecule has 1 aromatic carbocycles. The number of anilines is 1. The summed E-state index contributed by atoms with van der Waals surface area (Å²) in [4.78, 5) is 67.4. The molecule has 14 heteroatoms. The molecule has 40 heavy (non-hydrogen) atoms. The first-order valence-corrected chi connectivity index (χ1v) is 12.8. The normalized spacial score (nSPS) is 19.4. The lowest BCUT2D eigenvalue weighted by molar-refractivity contribution is -0.139. The number of halogens is 4. The number of nitrogens with zero attached hydrogens (tertiary/aromatic N) is 1. The molecule has 212 valence electrons. The summed E-state index contributed by atoms with van der Waals surface area (Å²) in [5.74, 6) is -4.66. The third-order valence-corrected chi connectivity index (χ3v) is 6.71. The van der Waals surface area contributed by atoms with Crippen LogP contribution in [0.15, 0.2) is 36.7 Å². The second-order valence-electron chi connectivity index (χ2n) is 9.82. The minimum atomic E-state index is -4.73. The molecule has 2 aliphatic rings. The largest absolute Gasteiger partial charge is 0.417 e. The van der Waals surface area contributed by atoms with E-state index in [1.54, 1.807) is 6.92 Å². The molecule has 3 atom stereocenters. The zero-order valence-corrected chi connectivity index (χ0v) is 21.9. The Morgan fingerprint density at radius 2 is 1.85 bits per heavy atom. The fraction of sp³-hybridized carbons (Fsp3) is 0.385. The molecule has 0 radical (unpaired) electrons. The van der Waals surface area contributed by atoms with Crippen LogP contribution in [-0.4, -0.2) is 52.5 Å². The number of benzene rings is 1. The lowest BCUT2D eigenvalue weighted by Gasteiger charge is -2.21. The summed E-state index contributed by atoms with van der Waals surface area (Å²) in [6.07, 6.45) is -1.52. The summed E-state index contributed by atoms with van der Waals surface area (Å²) in [5, 5.41) is 10.2. The minimum absolute atomic E-state index is 0.0854. The molecular formula is C26H25ClF3N5O5. The highest BCUT2D eigenvalue weighted by atomic mass is 35.5. The number of amides is 4. The Labute approximate surface area is 231 Å². The lowest BCUT2D eigenvalue weighted by atomic mass is 9.93. The summed E-state index contributed by atoms with van der Waals surface area (Å²) in [5.41, 5.74) is -1.89. The van der Waals surface area contributed by atoms with Crippen LogP contribution in [0.2, 0.25) is 5.02 Å². The molecule has 2 fully saturated rings. The molecule has 1 unspecified atom stereocenters. The van der Waals surface area contributed by atoms with Crippen molar-refractivity contribution in [1.82, 2.24) is 20.9 Å². The molecule has 2 aromatic rings. The van der Waals surface area contributed by atoms with Crippen LogP contribution in [0.3, 0.4) is 0 Å². The third-order valence-electron chi connectivity index (χ3n) is 6.48. The van der Waals surface area contributed by atoms with Gasteiger partial charge in [0, 0.05) is 35.4 Å². The standard InChI is InChI=1S/C26H25ClF3N5O5/c1-12-6-13(22(37)32-12)8-20(21(36)25(40)33-17-3-4-17)35-24(39)18-9-16(27)2-5-19(18)34-23(38)14-7-15(11-31-10-14)26(28,29)30/h2,5,7,9-13,17,20H,3-4,6,8H2,1H3,(H,32,37)(H,33,40)(H,34,38)(H,35,39)/t12-,13+,20?/m1/s1. The number of hydrogen-bond acceptors (Lipinski definition) is 6. The van der Waals surface area contributed by atoms with Gasteiger partial charge in [-0.1, -0.05) is 11.6 Å². The monoisotopic (exact) mass is 579 g/mol. The van der Waals surface area contributed by atoms with Crippen LogP contribution < -0.4 is 21.3 Å². The van der Waals surface area contributed by atoms with E-state index in [0.29, 0.717) is 18.7 Å². The average Bonchev–Trinajstić information content (AvgIpc) is 3.65. The molecule has 1 aliphatic heterocycles. The van der Waals surface area contributed by atoms with Crippen molar-refractivity contribution in [2.45, 2.75) is 56.9 Å². The summed E-state index contributed by atoms with van der Waals surface area (Å²) in [6, 6.07) is 2.76. The molecule has 4 N–H and O–H groups in total. The first kappa shape index (κ1) is 29.0. The number of alkyl halides is 3. The van der Waals surface area contributed by atoms with E-state index in [0.717, 1.165) is 19.0 Å². The van der Waals surface area contributed by atoms with Crippen LogP contribution in [0.25, 0.3) is 0 Å². The summed E-state index contributed by atoms with van der Waals surface area (Å²) in [7, 11) is 0. The maximum Gasteiger partial charge on any atom is 0.417 e. The summed E-state index contributed by atoms with van der Waals surface area (Å²) in [6.45, 7) is 1.79. The van der Waals surface area contributed by atoms with Crippen molar-refractivity contribution in [1.29, 1.82) is 0 Å². The van der Waals surface area contributed by atoms with Gasteiger partial charge in [-0.3, -0.25) is 29.0 Å². The summed E-state index contributed by atoms with van der Waals surface area (Å²) < 4.78 is 39.2. The second kappa shape index (κ2) is 11.6. The van der Waals surface area contributed by atoms with Gasteiger partial charge in [-0.25, -0.2) is 0 Å². The number of aromatic nitrogens is 1. The van der Waals surface area contributed by atoms with Crippen molar-refractivity contribution in [3.05, 3.63) is 58.4 Å². The highest BCUT2D eigenvalue weighted by Gasteiger charge is 2.38. The smallest absolute Gasteiger partial charge is 0.353 e. The van der Waals surface area contributed by atoms with E-state index in [9.17, 15) is 37.1 Å². The number of carbonyl (C=O) groups is 5. The van der Waals surface area contributed by atoms with Gasteiger partial charge < -0.3 is 21.3 Å². The van der Waals surface area contributed by atoms with Gasteiger partial charge in [0.2, 0.25) is 11.7 Å². The van der Waals surface area contributed by atoms with Crippen molar-refractivity contribution in [3.8, 4) is 0 Å².